The van der Waals surface area contributed by atoms with Gasteiger partial charge in [0.05, 0.1) is 5.92 Å². The van der Waals surface area contributed by atoms with Gasteiger partial charge in [0.2, 0.25) is 0 Å². The number of hydrogen-bond acceptors (Lipinski definition) is 2. The van der Waals surface area contributed by atoms with Crippen LogP contribution < -0.4 is 5.73 Å². The Bertz CT molecular complexity index is 410. The number of carbonyl (C=O) groups is 1. The minimum Gasteiger partial charge on any atom is -0.481 e. The molecule has 0 radical (unpaired) electrons. The Balaban J connectivity index is 2.23. The maximum absolute atomic E-state index is 10.8. The van der Waals surface area contributed by atoms with Crippen molar-refractivity contribution in [3.8, 4) is 0 Å². The zero-order valence-corrected chi connectivity index (χ0v) is 9.44. The van der Waals surface area contributed by atoms with Gasteiger partial charge in [-0.25, -0.2) is 0 Å². The smallest absolute Gasteiger partial charge is 0.306 e. The minimum atomic E-state index is -0.753. The third kappa shape index (κ3) is 2.09. The van der Waals surface area contributed by atoms with Crippen LogP contribution in [-0.2, 0) is 16.8 Å². The predicted molar refractivity (Wildman–Crippen MR) is 62.0 cm³/mol. The number of nitrogens with two attached hydrogens (primary N) is 1. The molecule has 0 aromatic heterocycles. The van der Waals surface area contributed by atoms with Gasteiger partial charge < -0.3 is 10.8 Å². The Morgan fingerprint density at radius 3 is 2.69 bits per heavy atom. The van der Waals surface area contributed by atoms with Crippen LogP contribution in [0.15, 0.2) is 24.3 Å². The van der Waals surface area contributed by atoms with Crippen molar-refractivity contribution in [1.82, 2.24) is 0 Å². The topological polar surface area (TPSA) is 63.3 Å². The van der Waals surface area contributed by atoms with Crippen LogP contribution in [-0.4, -0.2) is 11.1 Å². The number of rotatable bonds is 4. The molecule has 1 aliphatic carbocycles. The first-order valence-electron chi connectivity index (χ1n) is 5.63. The van der Waals surface area contributed by atoms with E-state index in [4.69, 9.17) is 10.8 Å². The van der Waals surface area contributed by atoms with Crippen molar-refractivity contribution in [2.45, 2.75) is 31.7 Å². The van der Waals surface area contributed by atoms with Crippen molar-refractivity contribution in [1.29, 1.82) is 0 Å². The Morgan fingerprint density at radius 2 is 2.12 bits per heavy atom. The fourth-order valence-electron chi connectivity index (χ4n) is 2.01. The summed E-state index contributed by atoms with van der Waals surface area (Å²) < 4.78 is 0. The molecule has 0 spiro atoms. The zero-order valence-electron chi connectivity index (χ0n) is 9.44. The van der Waals surface area contributed by atoms with Crippen LogP contribution in [0.25, 0.3) is 0 Å². The lowest BCUT2D eigenvalue weighted by Gasteiger charge is -2.16. The summed E-state index contributed by atoms with van der Waals surface area (Å²) in [6.45, 7) is 1.73. The van der Waals surface area contributed by atoms with Gasteiger partial charge >= 0.3 is 5.97 Å². The van der Waals surface area contributed by atoms with E-state index in [0.29, 0.717) is 6.42 Å². The second kappa shape index (κ2) is 3.91. The quantitative estimate of drug-likeness (QED) is 0.813. The second-order valence-electron chi connectivity index (χ2n) is 4.76. The molecule has 0 heterocycles. The molecule has 1 aromatic rings. The summed E-state index contributed by atoms with van der Waals surface area (Å²) in [6, 6.07) is 7.93. The molecule has 3 nitrogen and oxygen atoms in total. The molecule has 1 unspecified atom stereocenters. The van der Waals surface area contributed by atoms with Gasteiger partial charge in [-0.2, -0.15) is 0 Å². The van der Waals surface area contributed by atoms with E-state index in [-0.39, 0.29) is 11.5 Å². The van der Waals surface area contributed by atoms with E-state index >= 15 is 0 Å². The summed E-state index contributed by atoms with van der Waals surface area (Å²) in [5.74, 6) is -1.11. The van der Waals surface area contributed by atoms with Crippen molar-refractivity contribution in [2.24, 2.45) is 11.7 Å². The molecule has 1 atom stereocenters. The standard InChI is InChI=1S/C13H17NO2/c1-9(12(15)16)8-10-4-2-3-5-11(10)13(14)6-7-13/h2-5,9H,6-8,14H2,1H3,(H,15,16). The largest absolute Gasteiger partial charge is 0.481 e. The van der Waals surface area contributed by atoms with Gasteiger partial charge in [0, 0.05) is 5.54 Å². The van der Waals surface area contributed by atoms with Gasteiger partial charge in [-0.3, -0.25) is 4.79 Å². The lowest BCUT2D eigenvalue weighted by molar-refractivity contribution is -0.141. The highest BCUT2D eigenvalue weighted by molar-refractivity contribution is 5.70. The third-order valence-electron chi connectivity index (χ3n) is 3.29. The molecular weight excluding hydrogens is 202 g/mol. The molecule has 0 aliphatic heterocycles. The molecule has 0 amide bonds. The first-order valence-corrected chi connectivity index (χ1v) is 5.63. The van der Waals surface area contributed by atoms with E-state index in [2.05, 4.69) is 0 Å². The molecule has 1 aromatic carbocycles. The fraction of sp³-hybridized carbons (Fsp3) is 0.462. The lowest BCUT2D eigenvalue weighted by atomic mass is 9.92. The SMILES string of the molecule is CC(Cc1ccccc1C1(N)CC1)C(=O)O. The van der Waals surface area contributed by atoms with E-state index < -0.39 is 5.97 Å². The van der Waals surface area contributed by atoms with Crippen LogP contribution in [0.4, 0.5) is 0 Å². The molecule has 16 heavy (non-hydrogen) atoms. The van der Waals surface area contributed by atoms with Crippen molar-refractivity contribution < 1.29 is 9.90 Å². The number of carboxylic acids is 1. The molecule has 3 N–H and O–H groups in total. The molecule has 2 rings (SSSR count). The first-order chi connectivity index (χ1) is 7.53. The van der Waals surface area contributed by atoms with E-state index in [1.165, 1.54) is 0 Å². The van der Waals surface area contributed by atoms with Gasteiger partial charge in [0.15, 0.2) is 0 Å². The van der Waals surface area contributed by atoms with Crippen LogP contribution in [0, 0.1) is 5.92 Å². The molecule has 0 saturated heterocycles. The fourth-order valence-corrected chi connectivity index (χ4v) is 2.01. The van der Waals surface area contributed by atoms with E-state index in [0.717, 1.165) is 24.0 Å². The minimum absolute atomic E-state index is 0.186. The van der Waals surface area contributed by atoms with Crippen molar-refractivity contribution in [3.63, 3.8) is 0 Å². The Hall–Kier alpha value is -1.35. The first kappa shape index (κ1) is 11.1. The maximum Gasteiger partial charge on any atom is 0.306 e. The van der Waals surface area contributed by atoms with E-state index in [1.54, 1.807) is 6.92 Å². The molecule has 86 valence electrons. The molecule has 0 bridgehead atoms. The van der Waals surface area contributed by atoms with Crippen molar-refractivity contribution >= 4 is 5.97 Å². The van der Waals surface area contributed by atoms with Gasteiger partial charge in [-0.1, -0.05) is 31.2 Å². The van der Waals surface area contributed by atoms with Crippen LogP contribution >= 0.6 is 0 Å². The Labute approximate surface area is 95.3 Å². The molecule has 3 heteroatoms. The lowest BCUT2D eigenvalue weighted by Crippen LogP contribution is -2.22. The summed E-state index contributed by atoms with van der Waals surface area (Å²) in [5, 5.41) is 8.92. The molecule has 1 saturated carbocycles. The van der Waals surface area contributed by atoms with Gasteiger partial charge in [-0.05, 0) is 30.4 Å². The summed E-state index contributed by atoms with van der Waals surface area (Å²) >= 11 is 0. The summed E-state index contributed by atoms with van der Waals surface area (Å²) in [5.41, 5.74) is 8.20. The maximum atomic E-state index is 10.8. The zero-order chi connectivity index (χ0) is 11.8. The second-order valence-corrected chi connectivity index (χ2v) is 4.76. The van der Waals surface area contributed by atoms with Crippen LogP contribution in [0.5, 0.6) is 0 Å². The summed E-state index contributed by atoms with van der Waals surface area (Å²) in [7, 11) is 0. The highest BCUT2D eigenvalue weighted by Gasteiger charge is 2.41. The van der Waals surface area contributed by atoms with E-state index in [1.807, 2.05) is 24.3 Å². The number of aliphatic carboxylic acids is 1. The number of benzene rings is 1. The normalized spacial score (nSPS) is 19.1. The summed E-state index contributed by atoms with van der Waals surface area (Å²) in [4.78, 5) is 10.8. The Kier molecular flexibility index (Phi) is 2.72. The Morgan fingerprint density at radius 1 is 1.50 bits per heavy atom. The van der Waals surface area contributed by atoms with Crippen molar-refractivity contribution in [2.75, 3.05) is 0 Å². The number of hydrogen-bond donors (Lipinski definition) is 2. The van der Waals surface area contributed by atoms with Gasteiger partial charge in [0.25, 0.3) is 0 Å². The highest BCUT2D eigenvalue weighted by Crippen LogP contribution is 2.44. The van der Waals surface area contributed by atoms with Crippen LogP contribution in [0.1, 0.15) is 30.9 Å². The van der Waals surface area contributed by atoms with E-state index in [9.17, 15) is 4.79 Å². The monoisotopic (exact) mass is 219 g/mol. The summed E-state index contributed by atoms with van der Waals surface area (Å²) in [6.07, 6.45) is 2.57. The molecule has 1 aliphatic rings. The van der Waals surface area contributed by atoms with Gasteiger partial charge in [-0.15, -0.1) is 0 Å². The highest BCUT2D eigenvalue weighted by atomic mass is 16.4. The van der Waals surface area contributed by atoms with Gasteiger partial charge in [0.1, 0.15) is 0 Å². The number of carboxylic acid groups (broad SMARTS) is 1. The van der Waals surface area contributed by atoms with Crippen molar-refractivity contribution in [3.05, 3.63) is 35.4 Å². The van der Waals surface area contributed by atoms with Crippen LogP contribution in [0.2, 0.25) is 0 Å². The van der Waals surface area contributed by atoms with Crippen LogP contribution in [0.3, 0.4) is 0 Å². The average molecular weight is 219 g/mol. The molecular formula is C13H17NO2. The molecule has 1 fully saturated rings. The third-order valence-corrected chi connectivity index (χ3v) is 3.29. The predicted octanol–water partition coefficient (Wildman–Crippen LogP) is 1.90. The average Bonchev–Trinajstić information content (AvgIpc) is 2.98.